The van der Waals surface area contributed by atoms with E-state index in [9.17, 15) is 4.79 Å². The third-order valence-corrected chi connectivity index (χ3v) is 4.18. The van der Waals surface area contributed by atoms with Crippen LogP contribution in [0.3, 0.4) is 0 Å². The number of hydrogen-bond acceptors (Lipinski definition) is 5. The largest absolute Gasteiger partial charge is 0.497 e. The number of methoxy groups -OCH3 is 1. The highest BCUT2D eigenvalue weighted by Crippen LogP contribution is 2.21. The van der Waals surface area contributed by atoms with Gasteiger partial charge in [-0.3, -0.25) is 9.89 Å². The van der Waals surface area contributed by atoms with E-state index in [-0.39, 0.29) is 5.91 Å². The summed E-state index contributed by atoms with van der Waals surface area (Å²) in [4.78, 5) is 18.4. The van der Waals surface area contributed by atoms with Crippen LogP contribution in [0.25, 0.3) is 11.4 Å². The number of H-pyrrole nitrogens is 1. The summed E-state index contributed by atoms with van der Waals surface area (Å²) in [5.74, 6) is 1.82. The number of rotatable bonds is 8. The normalized spacial score (nSPS) is 10.5. The molecule has 0 atom stereocenters. The van der Waals surface area contributed by atoms with Crippen LogP contribution in [0.5, 0.6) is 5.75 Å². The van der Waals surface area contributed by atoms with Gasteiger partial charge in [0.05, 0.1) is 12.9 Å². The number of hydrogen-bond donors (Lipinski definition) is 1. The van der Waals surface area contributed by atoms with Gasteiger partial charge in [-0.05, 0) is 38.1 Å². The van der Waals surface area contributed by atoms with Crippen molar-refractivity contribution in [2.45, 2.75) is 19.0 Å². The first-order valence-corrected chi connectivity index (χ1v) is 8.63. The molecule has 0 saturated carbocycles. The molecule has 0 saturated heterocycles. The van der Waals surface area contributed by atoms with E-state index in [2.05, 4.69) is 21.8 Å². The van der Waals surface area contributed by atoms with Crippen LogP contribution >= 0.6 is 11.8 Å². The highest BCUT2D eigenvalue weighted by molar-refractivity contribution is 7.99. The van der Waals surface area contributed by atoms with Crippen LogP contribution in [-0.2, 0) is 4.79 Å². The lowest BCUT2D eigenvalue weighted by molar-refractivity contribution is -0.127. The van der Waals surface area contributed by atoms with Crippen molar-refractivity contribution in [3.63, 3.8) is 0 Å². The lowest BCUT2D eigenvalue weighted by Gasteiger charge is -2.20. The summed E-state index contributed by atoms with van der Waals surface area (Å²) in [7, 11) is 1.63. The zero-order valence-electron chi connectivity index (χ0n) is 14.2. The van der Waals surface area contributed by atoms with Gasteiger partial charge >= 0.3 is 0 Å². The Morgan fingerprint density at radius 2 is 2.08 bits per heavy atom. The second kappa shape index (κ2) is 8.54. The fraction of sp³-hybridized carbons (Fsp3) is 0.353. The van der Waals surface area contributed by atoms with Crippen molar-refractivity contribution in [2.75, 3.05) is 26.0 Å². The van der Waals surface area contributed by atoms with Gasteiger partial charge in [0.2, 0.25) is 11.1 Å². The maximum Gasteiger partial charge on any atom is 0.233 e. The second-order valence-electron chi connectivity index (χ2n) is 5.35. The lowest BCUT2D eigenvalue weighted by Crippen LogP contribution is -2.33. The van der Waals surface area contributed by atoms with Crippen LogP contribution in [0.2, 0.25) is 0 Å². The first-order chi connectivity index (χ1) is 11.5. The SMILES string of the molecule is C=C(C)CN(CC)C(=O)CSc1n[nH]c(-c2ccc(OC)cc2)n1. The number of benzene rings is 1. The fourth-order valence-corrected chi connectivity index (χ4v) is 2.81. The van der Waals surface area contributed by atoms with E-state index >= 15 is 0 Å². The predicted molar refractivity (Wildman–Crippen MR) is 96.2 cm³/mol. The molecular weight excluding hydrogens is 324 g/mol. The summed E-state index contributed by atoms with van der Waals surface area (Å²) < 4.78 is 5.14. The number of carbonyl (C=O) groups excluding carboxylic acids is 1. The average molecular weight is 346 g/mol. The summed E-state index contributed by atoms with van der Waals surface area (Å²) >= 11 is 1.32. The molecule has 0 aliphatic rings. The Labute approximate surface area is 146 Å². The summed E-state index contributed by atoms with van der Waals surface area (Å²) in [6.45, 7) is 8.98. The molecule has 128 valence electrons. The number of nitrogens with zero attached hydrogens (tertiary/aromatic N) is 3. The third-order valence-electron chi connectivity index (χ3n) is 3.35. The minimum Gasteiger partial charge on any atom is -0.497 e. The molecule has 1 amide bonds. The Kier molecular flexibility index (Phi) is 6.43. The van der Waals surface area contributed by atoms with Gasteiger partial charge in [0, 0.05) is 18.7 Å². The zero-order valence-corrected chi connectivity index (χ0v) is 15.0. The fourth-order valence-electron chi connectivity index (χ4n) is 2.11. The molecule has 0 aliphatic heterocycles. The Bertz CT molecular complexity index is 697. The summed E-state index contributed by atoms with van der Waals surface area (Å²) in [5, 5.41) is 7.61. The molecule has 0 spiro atoms. The van der Waals surface area contributed by atoms with Crippen LogP contribution in [0, 0.1) is 0 Å². The number of amides is 1. The van der Waals surface area contributed by atoms with Crippen LogP contribution < -0.4 is 4.74 Å². The molecule has 0 bridgehead atoms. The summed E-state index contributed by atoms with van der Waals surface area (Å²) in [6.07, 6.45) is 0. The Morgan fingerprint density at radius 3 is 2.67 bits per heavy atom. The Balaban J connectivity index is 1.95. The zero-order chi connectivity index (χ0) is 17.5. The molecule has 1 N–H and O–H groups in total. The molecule has 0 fully saturated rings. The smallest absolute Gasteiger partial charge is 0.233 e. The molecule has 1 aromatic carbocycles. The van der Waals surface area contributed by atoms with Crippen molar-refractivity contribution in [3.05, 3.63) is 36.4 Å². The number of aromatic amines is 1. The highest BCUT2D eigenvalue weighted by Gasteiger charge is 2.14. The van der Waals surface area contributed by atoms with Gasteiger partial charge in [-0.2, -0.15) is 0 Å². The molecule has 2 rings (SSSR count). The molecule has 0 unspecified atom stereocenters. The van der Waals surface area contributed by atoms with Crippen molar-refractivity contribution in [2.24, 2.45) is 0 Å². The Morgan fingerprint density at radius 1 is 1.38 bits per heavy atom. The van der Waals surface area contributed by atoms with E-state index in [1.165, 1.54) is 11.8 Å². The summed E-state index contributed by atoms with van der Waals surface area (Å²) in [5.41, 5.74) is 1.88. The van der Waals surface area contributed by atoms with Gasteiger partial charge in [0.25, 0.3) is 0 Å². The number of ether oxygens (including phenoxy) is 1. The molecule has 2 aromatic rings. The van der Waals surface area contributed by atoms with E-state index in [0.717, 1.165) is 16.9 Å². The molecule has 1 heterocycles. The maximum absolute atomic E-state index is 12.2. The minimum absolute atomic E-state index is 0.0568. The second-order valence-corrected chi connectivity index (χ2v) is 6.29. The molecule has 24 heavy (non-hydrogen) atoms. The van der Waals surface area contributed by atoms with Crippen molar-refractivity contribution in [1.82, 2.24) is 20.1 Å². The number of likely N-dealkylation sites (N-methyl/N-ethyl adjacent to an activating group) is 1. The van der Waals surface area contributed by atoms with Gasteiger partial charge in [0.15, 0.2) is 5.82 Å². The van der Waals surface area contributed by atoms with Gasteiger partial charge < -0.3 is 9.64 Å². The van der Waals surface area contributed by atoms with E-state index in [1.54, 1.807) is 12.0 Å². The quantitative estimate of drug-likeness (QED) is 0.588. The minimum atomic E-state index is 0.0568. The van der Waals surface area contributed by atoms with E-state index in [4.69, 9.17) is 4.74 Å². The molecule has 0 aliphatic carbocycles. The molecule has 1 aromatic heterocycles. The van der Waals surface area contributed by atoms with Crippen molar-refractivity contribution in [3.8, 4) is 17.1 Å². The molecular formula is C17H22N4O2S. The molecule has 7 heteroatoms. The van der Waals surface area contributed by atoms with Gasteiger partial charge in [-0.1, -0.05) is 23.9 Å². The monoisotopic (exact) mass is 346 g/mol. The van der Waals surface area contributed by atoms with Gasteiger partial charge in [-0.25, -0.2) is 4.98 Å². The van der Waals surface area contributed by atoms with E-state index < -0.39 is 0 Å². The van der Waals surface area contributed by atoms with Crippen molar-refractivity contribution < 1.29 is 9.53 Å². The number of thioether (sulfide) groups is 1. The molecule has 6 nitrogen and oxygen atoms in total. The van der Waals surface area contributed by atoms with Crippen LogP contribution in [0.1, 0.15) is 13.8 Å². The van der Waals surface area contributed by atoms with Gasteiger partial charge in [0.1, 0.15) is 5.75 Å². The third kappa shape index (κ3) is 4.86. The van der Waals surface area contributed by atoms with Crippen LogP contribution in [0.15, 0.2) is 41.6 Å². The van der Waals surface area contributed by atoms with Gasteiger partial charge in [-0.15, -0.1) is 5.10 Å². The topological polar surface area (TPSA) is 71.1 Å². The number of nitrogens with one attached hydrogen (secondary N) is 1. The standard InChI is InChI=1S/C17H22N4O2S/c1-5-21(10-12(2)3)15(22)11-24-17-18-16(19-20-17)13-6-8-14(23-4)9-7-13/h6-9H,2,5,10-11H2,1,3-4H3,(H,18,19,20). The first-order valence-electron chi connectivity index (χ1n) is 7.65. The van der Waals surface area contributed by atoms with Crippen LogP contribution in [0.4, 0.5) is 0 Å². The first kappa shape index (κ1) is 18.1. The average Bonchev–Trinajstić information content (AvgIpc) is 3.06. The van der Waals surface area contributed by atoms with Crippen molar-refractivity contribution >= 4 is 17.7 Å². The Hall–Kier alpha value is -2.28. The number of carbonyl (C=O) groups is 1. The predicted octanol–water partition coefficient (Wildman–Crippen LogP) is 3.00. The van der Waals surface area contributed by atoms with E-state index in [0.29, 0.717) is 29.8 Å². The van der Waals surface area contributed by atoms with E-state index in [1.807, 2.05) is 38.1 Å². The van der Waals surface area contributed by atoms with Crippen molar-refractivity contribution in [1.29, 1.82) is 0 Å². The maximum atomic E-state index is 12.2. The van der Waals surface area contributed by atoms with Crippen LogP contribution in [-0.4, -0.2) is 51.9 Å². The highest BCUT2D eigenvalue weighted by atomic mass is 32.2. The summed E-state index contributed by atoms with van der Waals surface area (Å²) in [6, 6.07) is 7.55. The number of aromatic nitrogens is 3. The molecule has 0 radical (unpaired) electrons. The lowest BCUT2D eigenvalue weighted by atomic mass is 10.2.